The molecule has 0 aliphatic rings. The molecule has 0 atom stereocenters. The maximum absolute atomic E-state index is 11.4. The van der Waals surface area contributed by atoms with Gasteiger partial charge in [-0.15, -0.1) is 0 Å². The molecule has 0 saturated heterocycles. The van der Waals surface area contributed by atoms with Crippen LogP contribution in [0.25, 0.3) is 16.8 Å². The lowest BCUT2D eigenvalue weighted by Gasteiger charge is -2.10. The topological polar surface area (TPSA) is 77.0 Å². The molecule has 162 valence electrons. The molecule has 2 aromatic heterocycles. The van der Waals surface area contributed by atoms with E-state index in [1.165, 1.54) is 22.3 Å². The molecule has 2 aromatic carbocycles. The molecule has 0 radical (unpaired) electrons. The van der Waals surface area contributed by atoms with Crippen LogP contribution in [0.15, 0.2) is 72.9 Å². The first kappa shape index (κ1) is 21.5. The first-order chi connectivity index (χ1) is 15.4. The Morgan fingerprint density at radius 1 is 0.938 bits per heavy atom. The number of carbonyl (C=O) groups excluding carboxylic acids is 1. The quantitative estimate of drug-likeness (QED) is 0.486. The highest BCUT2D eigenvalue weighted by Crippen LogP contribution is 2.22. The third kappa shape index (κ3) is 4.92. The number of pyridine rings is 1. The molecule has 0 aliphatic heterocycles. The molecule has 32 heavy (non-hydrogen) atoms. The van der Waals surface area contributed by atoms with Gasteiger partial charge in [0.2, 0.25) is 0 Å². The molecule has 1 amide bonds. The summed E-state index contributed by atoms with van der Waals surface area (Å²) in [6.45, 7) is 2.73. The van der Waals surface area contributed by atoms with Crippen molar-refractivity contribution in [1.82, 2.24) is 19.7 Å². The van der Waals surface area contributed by atoms with Gasteiger partial charge in [-0.2, -0.15) is 5.10 Å². The van der Waals surface area contributed by atoms with E-state index in [0.717, 1.165) is 30.0 Å². The molecule has 0 fully saturated rings. The minimum Gasteiger partial charge on any atom is -0.364 e. The highest BCUT2D eigenvalue weighted by Gasteiger charge is 2.10. The standard InChI is InChI=1S/C26H27N5O/c1-18-14-25(26(27)32)29-31(18)24-10-6-20(7-11-24)15-19-4-8-21(9-5-19)22-12-13-28-23(16-22)17-30(2)3/h4-14,16H,15,17H2,1-3H3,(H2,27,32). The zero-order chi connectivity index (χ0) is 22.7. The van der Waals surface area contributed by atoms with E-state index in [9.17, 15) is 4.79 Å². The number of hydrogen-bond acceptors (Lipinski definition) is 4. The summed E-state index contributed by atoms with van der Waals surface area (Å²) in [5.41, 5.74) is 13.3. The second-order valence-corrected chi connectivity index (χ2v) is 8.26. The van der Waals surface area contributed by atoms with Gasteiger partial charge in [0.15, 0.2) is 5.69 Å². The van der Waals surface area contributed by atoms with Crippen molar-refractivity contribution in [2.45, 2.75) is 19.9 Å². The van der Waals surface area contributed by atoms with Crippen molar-refractivity contribution in [3.8, 4) is 16.8 Å². The van der Waals surface area contributed by atoms with E-state index in [0.29, 0.717) is 0 Å². The predicted molar refractivity (Wildman–Crippen MR) is 127 cm³/mol. The molecule has 0 bridgehead atoms. The van der Waals surface area contributed by atoms with Gasteiger partial charge in [-0.3, -0.25) is 9.78 Å². The monoisotopic (exact) mass is 425 g/mol. The number of aromatic nitrogens is 3. The zero-order valence-electron chi connectivity index (χ0n) is 18.6. The molecule has 0 unspecified atom stereocenters. The van der Waals surface area contributed by atoms with Crippen LogP contribution in [0.4, 0.5) is 0 Å². The van der Waals surface area contributed by atoms with Gasteiger partial charge in [-0.1, -0.05) is 36.4 Å². The van der Waals surface area contributed by atoms with E-state index in [1.54, 1.807) is 10.7 Å². The van der Waals surface area contributed by atoms with Crippen molar-refractivity contribution >= 4 is 5.91 Å². The lowest BCUT2D eigenvalue weighted by molar-refractivity contribution is 0.0995. The van der Waals surface area contributed by atoms with Gasteiger partial charge >= 0.3 is 0 Å². The third-order valence-electron chi connectivity index (χ3n) is 5.31. The molecule has 6 nitrogen and oxygen atoms in total. The fraction of sp³-hybridized carbons (Fsp3) is 0.192. The molecular formula is C26H27N5O. The number of nitrogens with zero attached hydrogens (tertiary/aromatic N) is 4. The molecular weight excluding hydrogens is 398 g/mol. The maximum atomic E-state index is 11.4. The van der Waals surface area contributed by atoms with E-state index in [2.05, 4.69) is 57.4 Å². The summed E-state index contributed by atoms with van der Waals surface area (Å²) in [7, 11) is 4.09. The molecule has 0 aliphatic carbocycles. The van der Waals surface area contributed by atoms with Crippen LogP contribution in [0, 0.1) is 6.92 Å². The second kappa shape index (κ2) is 9.16. The summed E-state index contributed by atoms with van der Waals surface area (Å²) in [5, 5.41) is 4.29. The first-order valence-corrected chi connectivity index (χ1v) is 10.5. The summed E-state index contributed by atoms with van der Waals surface area (Å²) < 4.78 is 1.73. The van der Waals surface area contributed by atoms with Crippen molar-refractivity contribution in [3.05, 3.63) is 101 Å². The number of nitrogens with two attached hydrogens (primary N) is 1. The molecule has 4 rings (SSSR count). The minimum absolute atomic E-state index is 0.273. The Balaban J connectivity index is 1.47. The van der Waals surface area contributed by atoms with Gasteiger partial charge in [0.05, 0.1) is 11.4 Å². The number of aryl methyl sites for hydroxylation is 1. The van der Waals surface area contributed by atoms with Crippen molar-refractivity contribution in [2.75, 3.05) is 14.1 Å². The van der Waals surface area contributed by atoms with Crippen molar-refractivity contribution < 1.29 is 4.79 Å². The Bertz CT molecular complexity index is 1220. The van der Waals surface area contributed by atoms with E-state index < -0.39 is 5.91 Å². The number of amides is 1. The fourth-order valence-corrected chi connectivity index (χ4v) is 3.73. The van der Waals surface area contributed by atoms with Crippen LogP contribution in [0.2, 0.25) is 0 Å². The number of carbonyl (C=O) groups is 1. The minimum atomic E-state index is -0.521. The first-order valence-electron chi connectivity index (χ1n) is 10.5. The van der Waals surface area contributed by atoms with Crippen LogP contribution in [-0.4, -0.2) is 39.7 Å². The van der Waals surface area contributed by atoms with Crippen LogP contribution in [-0.2, 0) is 13.0 Å². The van der Waals surface area contributed by atoms with Crippen LogP contribution < -0.4 is 5.73 Å². The van der Waals surface area contributed by atoms with Gasteiger partial charge in [0.1, 0.15) is 0 Å². The van der Waals surface area contributed by atoms with Crippen molar-refractivity contribution in [1.29, 1.82) is 0 Å². The number of hydrogen-bond donors (Lipinski definition) is 1. The summed E-state index contributed by atoms with van der Waals surface area (Å²) in [6, 6.07) is 22.8. The van der Waals surface area contributed by atoms with E-state index in [1.807, 2.05) is 45.4 Å². The summed E-state index contributed by atoms with van der Waals surface area (Å²) >= 11 is 0. The van der Waals surface area contributed by atoms with E-state index in [-0.39, 0.29) is 5.69 Å². The Morgan fingerprint density at radius 2 is 1.59 bits per heavy atom. The largest absolute Gasteiger partial charge is 0.364 e. The summed E-state index contributed by atoms with van der Waals surface area (Å²) in [6.07, 6.45) is 2.71. The predicted octanol–water partition coefficient (Wildman–Crippen LogP) is 3.99. The van der Waals surface area contributed by atoms with Crippen LogP contribution >= 0.6 is 0 Å². The highest BCUT2D eigenvalue weighted by atomic mass is 16.1. The van der Waals surface area contributed by atoms with Crippen LogP contribution in [0.3, 0.4) is 0 Å². The summed E-state index contributed by atoms with van der Waals surface area (Å²) in [5.74, 6) is -0.521. The lowest BCUT2D eigenvalue weighted by Crippen LogP contribution is -2.12. The van der Waals surface area contributed by atoms with Gasteiger partial charge in [-0.25, -0.2) is 4.68 Å². The van der Waals surface area contributed by atoms with Crippen LogP contribution in [0.1, 0.15) is 33.0 Å². The molecule has 0 saturated carbocycles. The number of rotatable bonds is 7. The van der Waals surface area contributed by atoms with E-state index >= 15 is 0 Å². The van der Waals surface area contributed by atoms with Crippen molar-refractivity contribution in [3.63, 3.8) is 0 Å². The fourth-order valence-electron chi connectivity index (χ4n) is 3.73. The molecule has 4 aromatic rings. The maximum Gasteiger partial charge on any atom is 0.269 e. The Labute approximate surface area is 188 Å². The Kier molecular flexibility index (Phi) is 6.14. The smallest absolute Gasteiger partial charge is 0.269 e. The molecule has 0 spiro atoms. The second-order valence-electron chi connectivity index (χ2n) is 8.26. The zero-order valence-corrected chi connectivity index (χ0v) is 18.6. The molecule has 2 N–H and O–H groups in total. The number of benzene rings is 2. The molecule has 2 heterocycles. The van der Waals surface area contributed by atoms with Gasteiger partial charge in [0, 0.05) is 18.4 Å². The lowest BCUT2D eigenvalue weighted by atomic mass is 10.0. The van der Waals surface area contributed by atoms with Crippen LogP contribution in [0.5, 0.6) is 0 Å². The van der Waals surface area contributed by atoms with Gasteiger partial charge in [-0.05, 0) is 80.0 Å². The number of primary amides is 1. The normalized spacial score (nSPS) is 11.1. The van der Waals surface area contributed by atoms with Crippen molar-refractivity contribution in [2.24, 2.45) is 5.73 Å². The van der Waals surface area contributed by atoms with Gasteiger partial charge < -0.3 is 10.6 Å². The average Bonchev–Trinajstić information content (AvgIpc) is 3.17. The third-order valence-corrected chi connectivity index (χ3v) is 5.31. The van der Waals surface area contributed by atoms with Gasteiger partial charge in [0.25, 0.3) is 5.91 Å². The van der Waals surface area contributed by atoms with E-state index in [4.69, 9.17) is 5.73 Å². The molecule has 6 heteroatoms. The SMILES string of the molecule is Cc1cc(C(N)=O)nn1-c1ccc(Cc2ccc(-c3ccnc(CN(C)C)c3)cc2)cc1. The average molecular weight is 426 g/mol. The highest BCUT2D eigenvalue weighted by molar-refractivity contribution is 5.90. The Hall–Kier alpha value is -3.77. The summed E-state index contributed by atoms with van der Waals surface area (Å²) in [4.78, 5) is 17.9. The Morgan fingerprint density at radius 3 is 2.19 bits per heavy atom.